The zero-order valence-corrected chi connectivity index (χ0v) is 23.5. The van der Waals surface area contributed by atoms with Crippen LogP contribution in [0.3, 0.4) is 0 Å². The smallest absolute Gasteiger partial charge is 0.333 e. The highest BCUT2D eigenvalue weighted by Gasteiger charge is 2.32. The molecule has 0 spiro atoms. The summed E-state index contributed by atoms with van der Waals surface area (Å²) in [4.78, 5) is 11.4. The molecule has 5 nitrogen and oxygen atoms in total. The third-order valence-electron chi connectivity index (χ3n) is 4.64. The topological polar surface area (TPSA) is 76.0 Å². The normalized spacial score (nSPS) is 12.4. The molecule has 168 valence electrons. The number of benzene rings is 2. The molecule has 0 aliphatic rings. The van der Waals surface area contributed by atoms with E-state index in [0.29, 0.717) is 14.7 Å². The maximum absolute atomic E-state index is 11.4. The fourth-order valence-electron chi connectivity index (χ4n) is 2.82. The second-order valence-corrected chi connectivity index (χ2v) is 10.6. The summed E-state index contributed by atoms with van der Waals surface area (Å²) >= 11 is 14.0. The van der Waals surface area contributed by atoms with Crippen LogP contribution in [-0.2, 0) is 14.9 Å². The summed E-state index contributed by atoms with van der Waals surface area (Å²) in [5.74, 6) is 0.140. The predicted molar refractivity (Wildman–Crippen MR) is 135 cm³/mol. The number of phenols is 1. The second-order valence-electron chi connectivity index (χ2n) is 7.47. The molecule has 1 unspecified atom stereocenters. The number of esters is 1. The van der Waals surface area contributed by atoms with Crippen molar-refractivity contribution in [1.29, 1.82) is 0 Å². The predicted octanol–water partition coefficient (Wildman–Crippen LogP) is 6.63. The summed E-state index contributed by atoms with van der Waals surface area (Å²) in [6.45, 7) is 9.00. The minimum atomic E-state index is -0.946. The van der Waals surface area contributed by atoms with Gasteiger partial charge >= 0.3 is 5.97 Å². The first-order chi connectivity index (χ1) is 14.4. The largest absolute Gasteiger partial charge is 0.505 e. The molecule has 0 aliphatic heterocycles. The molecular weight excluding hydrogens is 664 g/mol. The van der Waals surface area contributed by atoms with Gasteiger partial charge in [-0.2, -0.15) is 0 Å². The Morgan fingerprint density at radius 1 is 1.03 bits per heavy atom. The standard InChI is InChI=1S/C22H22Br4O5/c1-11(2)21(29)31-10-13(27)9-30-14-7-5-12(6-8-14)22(3,4)15-16(23)18(25)20(28)19(26)17(15)24/h5-8,13,27-28H,1,9-10H2,2-4H3. The van der Waals surface area contributed by atoms with Gasteiger partial charge in [0.1, 0.15) is 30.8 Å². The summed E-state index contributed by atoms with van der Waals surface area (Å²) in [7, 11) is 0. The van der Waals surface area contributed by atoms with Gasteiger partial charge in [0, 0.05) is 19.9 Å². The first kappa shape index (κ1) is 26.4. The third-order valence-corrected chi connectivity index (χ3v) is 8.83. The average Bonchev–Trinajstić information content (AvgIpc) is 2.73. The van der Waals surface area contributed by atoms with E-state index < -0.39 is 17.5 Å². The molecule has 0 radical (unpaired) electrons. The Balaban J connectivity index is 2.15. The molecule has 0 aromatic heterocycles. The van der Waals surface area contributed by atoms with Gasteiger partial charge < -0.3 is 19.7 Å². The Morgan fingerprint density at radius 2 is 1.55 bits per heavy atom. The zero-order valence-electron chi connectivity index (χ0n) is 17.1. The van der Waals surface area contributed by atoms with Crippen LogP contribution < -0.4 is 4.74 Å². The summed E-state index contributed by atoms with van der Waals surface area (Å²) in [6.07, 6.45) is -0.946. The van der Waals surface area contributed by atoms with Crippen molar-refractivity contribution in [2.75, 3.05) is 13.2 Å². The number of hydrogen-bond donors (Lipinski definition) is 2. The van der Waals surface area contributed by atoms with Gasteiger partial charge in [-0.15, -0.1) is 0 Å². The molecule has 31 heavy (non-hydrogen) atoms. The third kappa shape index (κ3) is 6.13. The van der Waals surface area contributed by atoms with Crippen LogP contribution in [-0.4, -0.2) is 35.5 Å². The summed E-state index contributed by atoms with van der Waals surface area (Å²) in [5, 5.41) is 20.2. The van der Waals surface area contributed by atoms with Crippen molar-refractivity contribution in [3.63, 3.8) is 0 Å². The summed E-state index contributed by atoms with van der Waals surface area (Å²) in [6, 6.07) is 7.51. The van der Waals surface area contributed by atoms with Crippen molar-refractivity contribution in [3.8, 4) is 11.5 Å². The molecule has 2 aromatic carbocycles. The fraction of sp³-hybridized carbons (Fsp3) is 0.318. The molecule has 9 heteroatoms. The van der Waals surface area contributed by atoms with Crippen LogP contribution in [0.25, 0.3) is 0 Å². The minimum Gasteiger partial charge on any atom is -0.505 e. The first-order valence-corrected chi connectivity index (χ1v) is 12.3. The van der Waals surface area contributed by atoms with Gasteiger partial charge in [-0.25, -0.2) is 4.79 Å². The lowest BCUT2D eigenvalue weighted by Gasteiger charge is -2.30. The fourth-order valence-corrected chi connectivity index (χ4v) is 5.90. The molecule has 1 atom stereocenters. The van der Waals surface area contributed by atoms with Crippen LogP contribution in [0.1, 0.15) is 31.9 Å². The molecule has 0 bridgehead atoms. The van der Waals surface area contributed by atoms with E-state index in [9.17, 15) is 15.0 Å². The minimum absolute atomic E-state index is 0.0127. The molecule has 0 saturated carbocycles. The van der Waals surface area contributed by atoms with Gasteiger partial charge in [-0.05, 0) is 93.9 Å². The number of hydrogen-bond acceptors (Lipinski definition) is 5. The zero-order chi connectivity index (χ0) is 23.5. The quantitative estimate of drug-likeness (QED) is 0.186. The summed E-state index contributed by atoms with van der Waals surface area (Å²) < 4.78 is 13.1. The van der Waals surface area contributed by atoms with Crippen molar-refractivity contribution in [3.05, 3.63) is 65.4 Å². The van der Waals surface area contributed by atoms with Gasteiger partial charge in [0.2, 0.25) is 0 Å². The van der Waals surface area contributed by atoms with Crippen LogP contribution in [0.5, 0.6) is 11.5 Å². The average molecular weight is 686 g/mol. The Morgan fingerprint density at radius 3 is 2.03 bits per heavy atom. The Hall–Kier alpha value is -0.870. The van der Waals surface area contributed by atoms with Gasteiger partial charge in [0.25, 0.3) is 0 Å². The molecule has 2 N–H and O–H groups in total. The number of carbonyl (C=O) groups excluding carboxylic acids is 1. The van der Waals surface area contributed by atoms with E-state index in [0.717, 1.165) is 20.1 Å². The number of rotatable bonds is 8. The Kier molecular flexibility index (Phi) is 9.22. The number of halogens is 4. The lowest BCUT2D eigenvalue weighted by molar-refractivity contribution is -0.142. The lowest BCUT2D eigenvalue weighted by atomic mass is 9.78. The van der Waals surface area contributed by atoms with Gasteiger partial charge in [-0.1, -0.05) is 32.6 Å². The highest BCUT2D eigenvalue weighted by atomic mass is 79.9. The van der Waals surface area contributed by atoms with Crippen LogP contribution in [0, 0.1) is 0 Å². The van der Waals surface area contributed by atoms with Crippen molar-refractivity contribution in [1.82, 2.24) is 0 Å². The number of aliphatic hydroxyl groups is 1. The van der Waals surface area contributed by atoms with E-state index in [4.69, 9.17) is 9.47 Å². The van der Waals surface area contributed by atoms with E-state index in [1.165, 1.54) is 0 Å². The van der Waals surface area contributed by atoms with Crippen LogP contribution in [0.2, 0.25) is 0 Å². The molecule has 0 aliphatic carbocycles. The number of carbonyl (C=O) groups is 1. The lowest BCUT2D eigenvalue weighted by Crippen LogP contribution is -2.25. The van der Waals surface area contributed by atoms with Gasteiger partial charge in [0.05, 0.1) is 8.95 Å². The maximum atomic E-state index is 11.4. The SMILES string of the molecule is C=C(C)C(=O)OCC(O)COc1ccc(C(C)(C)c2c(Br)c(Br)c(O)c(Br)c2Br)cc1. The number of phenolic OH excluding ortho intramolecular Hbond substituents is 1. The van der Waals surface area contributed by atoms with Crippen molar-refractivity contribution in [2.45, 2.75) is 32.3 Å². The Bertz CT molecular complexity index is 957. The highest BCUT2D eigenvalue weighted by Crippen LogP contribution is 2.51. The number of aromatic hydroxyl groups is 1. The monoisotopic (exact) mass is 682 g/mol. The van der Waals surface area contributed by atoms with Gasteiger partial charge in [-0.3, -0.25) is 0 Å². The van der Waals surface area contributed by atoms with Crippen LogP contribution >= 0.6 is 63.7 Å². The second kappa shape index (κ2) is 10.8. The summed E-state index contributed by atoms with van der Waals surface area (Å²) in [5.41, 5.74) is 1.82. The Labute approximate surface area is 215 Å². The van der Waals surface area contributed by atoms with E-state index in [2.05, 4.69) is 84.1 Å². The number of aliphatic hydroxyl groups excluding tert-OH is 1. The van der Waals surface area contributed by atoms with Gasteiger partial charge in [0.15, 0.2) is 0 Å². The maximum Gasteiger partial charge on any atom is 0.333 e. The van der Waals surface area contributed by atoms with E-state index in [-0.39, 0.29) is 24.5 Å². The molecule has 0 heterocycles. The first-order valence-electron chi connectivity index (χ1n) is 9.17. The molecule has 2 aromatic rings. The van der Waals surface area contributed by atoms with Crippen LogP contribution in [0.15, 0.2) is 54.3 Å². The molecule has 2 rings (SSSR count). The molecule has 0 fully saturated rings. The molecular formula is C22H22Br4O5. The van der Waals surface area contributed by atoms with Crippen molar-refractivity contribution >= 4 is 69.7 Å². The van der Waals surface area contributed by atoms with E-state index in [1.54, 1.807) is 6.92 Å². The van der Waals surface area contributed by atoms with Crippen LogP contribution in [0.4, 0.5) is 0 Å². The highest BCUT2D eigenvalue weighted by molar-refractivity contribution is 9.14. The van der Waals surface area contributed by atoms with E-state index >= 15 is 0 Å². The van der Waals surface area contributed by atoms with E-state index in [1.807, 2.05) is 24.3 Å². The molecule has 0 saturated heterocycles. The number of ether oxygens (including phenoxy) is 2. The molecule has 0 amide bonds. The van der Waals surface area contributed by atoms with Crippen molar-refractivity contribution in [2.24, 2.45) is 0 Å². The van der Waals surface area contributed by atoms with Crippen molar-refractivity contribution < 1.29 is 24.5 Å².